The van der Waals surface area contributed by atoms with E-state index < -0.39 is 0 Å². The van der Waals surface area contributed by atoms with Crippen LogP contribution in [0.3, 0.4) is 0 Å². The zero-order valence-electron chi connectivity index (χ0n) is 29.5. The summed E-state index contributed by atoms with van der Waals surface area (Å²) in [7, 11) is 0. The molecule has 2 atom stereocenters. The van der Waals surface area contributed by atoms with E-state index in [0.29, 0.717) is 6.04 Å². The molecule has 0 saturated heterocycles. The van der Waals surface area contributed by atoms with Crippen molar-refractivity contribution >= 4 is 18.6 Å². The first-order chi connectivity index (χ1) is 19.5. The van der Waals surface area contributed by atoms with Crippen LogP contribution >= 0.6 is 11.8 Å². The molecule has 0 amide bonds. The molecule has 0 heterocycles. The SMILES string of the molecule is C/C=C\C=C(C)C.C=C(NCC(C)CCC(C)C)[C@H](CCCC)NCCCSCC(C)C.C=O.CC1CCCCC1. The third-order valence-corrected chi connectivity index (χ3v) is 8.48. The summed E-state index contributed by atoms with van der Waals surface area (Å²) in [6.07, 6.45) is 21.2. The Kier molecular flexibility index (Phi) is 36.3. The van der Waals surface area contributed by atoms with Crippen molar-refractivity contribution in [2.75, 3.05) is 24.6 Å². The summed E-state index contributed by atoms with van der Waals surface area (Å²) < 4.78 is 0. The number of thioether (sulfide) groups is 1. The van der Waals surface area contributed by atoms with Crippen LogP contribution in [0.4, 0.5) is 0 Å². The van der Waals surface area contributed by atoms with Crippen LogP contribution in [-0.4, -0.2) is 37.4 Å². The van der Waals surface area contributed by atoms with Gasteiger partial charge in [-0.15, -0.1) is 0 Å². The quantitative estimate of drug-likeness (QED) is 0.122. The van der Waals surface area contributed by atoms with E-state index in [1.165, 1.54) is 93.4 Å². The number of unbranched alkanes of at least 4 members (excludes halogenated alkanes) is 1. The third kappa shape index (κ3) is 37.0. The van der Waals surface area contributed by atoms with Gasteiger partial charge < -0.3 is 15.4 Å². The van der Waals surface area contributed by atoms with E-state index >= 15 is 0 Å². The second kappa shape index (κ2) is 33.5. The Labute approximate surface area is 263 Å². The van der Waals surface area contributed by atoms with Crippen LogP contribution in [0.25, 0.3) is 0 Å². The van der Waals surface area contributed by atoms with E-state index in [-0.39, 0.29) is 0 Å². The molecule has 3 nitrogen and oxygen atoms in total. The average Bonchev–Trinajstić information content (AvgIpc) is 2.94. The lowest BCUT2D eigenvalue weighted by Gasteiger charge is -2.24. The van der Waals surface area contributed by atoms with Crippen molar-refractivity contribution in [3.63, 3.8) is 0 Å². The lowest BCUT2D eigenvalue weighted by atomic mass is 9.91. The maximum absolute atomic E-state index is 8.00. The van der Waals surface area contributed by atoms with Gasteiger partial charge in [-0.3, -0.25) is 0 Å². The van der Waals surface area contributed by atoms with Crippen LogP contribution in [-0.2, 0) is 4.79 Å². The van der Waals surface area contributed by atoms with Crippen LogP contribution in [0.5, 0.6) is 0 Å². The van der Waals surface area contributed by atoms with Gasteiger partial charge in [0.2, 0.25) is 0 Å². The van der Waals surface area contributed by atoms with E-state index in [4.69, 9.17) is 4.79 Å². The van der Waals surface area contributed by atoms with Gasteiger partial charge in [-0.25, -0.2) is 0 Å². The van der Waals surface area contributed by atoms with Crippen molar-refractivity contribution in [2.24, 2.45) is 23.7 Å². The molecule has 4 heteroatoms. The van der Waals surface area contributed by atoms with E-state index in [1.54, 1.807) is 0 Å². The van der Waals surface area contributed by atoms with Crippen molar-refractivity contribution in [3.8, 4) is 0 Å². The monoisotopic (exact) mass is 595 g/mol. The van der Waals surface area contributed by atoms with Crippen molar-refractivity contribution in [3.05, 3.63) is 36.1 Å². The Hall–Kier alpha value is -1.00. The molecule has 2 N–H and O–H groups in total. The van der Waals surface area contributed by atoms with E-state index in [9.17, 15) is 0 Å². The molecule has 41 heavy (non-hydrogen) atoms. The largest absolute Gasteiger partial charge is 0.387 e. The minimum atomic E-state index is 0.423. The molecule has 1 aliphatic rings. The number of rotatable bonds is 18. The Balaban J connectivity index is -0.000000725. The van der Waals surface area contributed by atoms with Crippen LogP contribution < -0.4 is 10.6 Å². The number of allylic oxidation sites excluding steroid dienone is 4. The summed E-state index contributed by atoms with van der Waals surface area (Å²) in [4.78, 5) is 8.00. The molecule has 0 aromatic heterocycles. The topological polar surface area (TPSA) is 41.1 Å². The first kappa shape index (κ1) is 44.4. The molecule has 244 valence electrons. The highest BCUT2D eigenvalue weighted by molar-refractivity contribution is 7.99. The van der Waals surface area contributed by atoms with Gasteiger partial charge >= 0.3 is 0 Å². The summed E-state index contributed by atoms with van der Waals surface area (Å²) in [5, 5.41) is 7.36. The smallest absolute Gasteiger partial charge is 0.106 e. The Morgan fingerprint density at radius 1 is 0.951 bits per heavy atom. The minimum Gasteiger partial charge on any atom is -0.387 e. The van der Waals surface area contributed by atoms with Gasteiger partial charge in [-0.05, 0) is 81.8 Å². The van der Waals surface area contributed by atoms with Gasteiger partial charge in [-0.1, -0.05) is 130 Å². The van der Waals surface area contributed by atoms with Crippen LogP contribution in [0.2, 0.25) is 0 Å². The predicted molar refractivity (Wildman–Crippen MR) is 192 cm³/mol. The Morgan fingerprint density at radius 3 is 2.02 bits per heavy atom. The van der Waals surface area contributed by atoms with E-state index in [1.807, 2.05) is 25.9 Å². The second-order valence-electron chi connectivity index (χ2n) is 13.0. The van der Waals surface area contributed by atoms with Crippen molar-refractivity contribution in [1.29, 1.82) is 0 Å². The van der Waals surface area contributed by atoms with Crippen molar-refractivity contribution in [1.82, 2.24) is 10.6 Å². The lowest BCUT2D eigenvalue weighted by molar-refractivity contribution is -0.0980. The highest BCUT2D eigenvalue weighted by Gasteiger charge is 2.13. The summed E-state index contributed by atoms with van der Waals surface area (Å²) >= 11 is 2.08. The molecule has 0 aromatic carbocycles. The van der Waals surface area contributed by atoms with E-state index in [0.717, 1.165) is 36.8 Å². The first-order valence-corrected chi connectivity index (χ1v) is 18.0. The van der Waals surface area contributed by atoms with Crippen molar-refractivity contribution in [2.45, 2.75) is 146 Å². The fourth-order valence-electron chi connectivity index (χ4n) is 4.32. The number of hydrogen-bond donors (Lipinski definition) is 2. The first-order valence-electron chi connectivity index (χ1n) is 16.8. The summed E-state index contributed by atoms with van der Waals surface area (Å²) in [5.41, 5.74) is 2.54. The Bertz CT molecular complexity index is 604. The average molecular weight is 595 g/mol. The van der Waals surface area contributed by atoms with Gasteiger partial charge in [-0.2, -0.15) is 11.8 Å². The lowest BCUT2D eigenvalue weighted by Crippen LogP contribution is -2.38. The fourth-order valence-corrected chi connectivity index (χ4v) is 5.31. The maximum atomic E-state index is 8.00. The molecule has 1 unspecified atom stereocenters. The second-order valence-corrected chi connectivity index (χ2v) is 14.1. The highest BCUT2D eigenvalue weighted by Crippen LogP contribution is 2.22. The predicted octanol–water partition coefficient (Wildman–Crippen LogP) is 11.0. The van der Waals surface area contributed by atoms with Crippen LogP contribution in [0.15, 0.2) is 36.1 Å². The van der Waals surface area contributed by atoms with Crippen LogP contribution in [0, 0.1) is 23.7 Å². The normalized spacial score (nSPS) is 14.6. The zero-order chi connectivity index (χ0) is 31.9. The third-order valence-electron chi connectivity index (χ3n) is 7.00. The molecule has 1 rings (SSSR count). The molecule has 1 saturated carbocycles. The fraction of sp³-hybridized carbons (Fsp3) is 0.811. The van der Waals surface area contributed by atoms with Gasteiger partial charge in [0.1, 0.15) is 6.79 Å². The summed E-state index contributed by atoms with van der Waals surface area (Å²) in [6, 6.07) is 0.423. The van der Waals surface area contributed by atoms with Gasteiger partial charge in [0.15, 0.2) is 0 Å². The molecule has 0 bridgehead atoms. The molecule has 0 aliphatic heterocycles. The van der Waals surface area contributed by atoms with Crippen molar-refractivity contribution < 1.29 is 4.79 Å². The van der Waals surface area contributed by atoms with Crippen LogP contribution in [0.1, 0.15) is 140 Å². The highest BCUT2D eigenvalue weighted by atomic mass is 32.2. The van der Waals surface area contributed by atoms with Gasteiger partial charge in [0, 0.05) is 18.3 Å². The van der Waals surface area contributed by atoms with E-state index in [2.05, 4.69) is 97.4 Å². The number of hydrogen-bond acceptors (Lipinski definition) is 4. The molecule has 0 radical (unpaired) electrons. The summed E-state index contributed by atoms with van der Waals surface area (Å²) in [6.45, 7) is 30.9. The number of nitrogens with one attached hydrogen (secondary N) is 2. The minimum absolute atomic E-state index is 0.423. The maximum Gasteiger partial charge on any atom is 0.106 e. The number of carbonyl (C=O) groups excluding carboxylic acids is 1. The molecule has 0 aromatic rings. The number of carbonyl (C=O) groups is 1. The molecule has 1 aliphatic carbocycles. The molecular formula is C37H74N2OS. The zero-order valence-corrected chi connectivity index (χ0v) is 30.3. The molecular weight excluding hydrogens is 520 g/mol. The van der Waals surface area contributed by atoms with Gasteiger partial charge in [0.25, 0.3) is 0 Å². The summed E-state index contributed by atoms with van der Waals surface area (Å²) in [5.74, 6) is 5.90. The standard InChI is InChI=1S/C22H46N2S.C7H14.C7H12.CH2O/c1-8-9-11-22(23-14-10-15-25-17-19(4)5)21(7)24-16-20(6)13-12-18(2)3;1-7-5-3-2-4-6-7;1-4-5-6-7(2)3;1-2/h18-20,22-24H,7-17H2,1-6H3;7H,2-6H2,1H3;4-6H,1-3H3;1H2/b;;5-4-;/t20?,22-;;;/m0.../s1. The van der Waals surface area contributed by atoms with Gasteiger partial charge in [0.05, 0.1) is 0 Å². The Morgan fingerprint density at radius 2 is 1.59 bits per heavy atom. The molecule has 1 fully saturated rings. The molecule has 0 spiro atoms.